The predicted octanol–water partition coefficient (Wildman–Crippen LogP) is 2.29. The van der Waals surface area contributed by atoms with Gasteiger partial charge in [-0.2, -0.15) is 4.98 Å². The third kappa shape index (κ3) is 3.42. The molecule has 1 heterocycles. The molecule has 0 aliphatic carbocycles. The summed E-state index contributed by atoms with van der Waals surface area (Å²) in [4.78, 5) is 18.0. The van der Waals surface area contributed by atoms with Crippen LogP contribution in [-0.2, 0) is 11.3 Å². The number of oxazole rings is 1. The number of likely N-dealkylation sites (N-methyl/N-ethyl adjacent to an activating group) is 1. The van der Waals surface area contributed by atoms with Crippen LogP contribution < -0.4 is 10.2 Å². The zero-order valence-corrected chi connectivity index (χ0v) is 12.7. The second kappa shape index (κ2) is 6.39. The van der Waals surface area contributed by atoms with E-state index in [0.717, 1.165) is 5.56 Å². The number of amides is 1. The minimum atomic E-state index is -0.133. The van der Waals surface area contributed by atoms with Crippen molar-refractivity contribution in [3.63, 3.8) is 0 Å². The summed E-state index contributed by atoms with van der Waals surface area (Å²) >= 11 is 0. The number of nitrogens with zero attached hydrogens (tertiary/aromatic N) is 2. The highest BCUT2D eigenvalue weighted by Crippen LogP contribution is 2.26. The van der Waals surface area contributed by atoms with E-state index in [4.69, 9.17) is 4.42 Å². The average Bonchev–Trinajstić information content (AvgIpc) is 2.98. The van der Waals surface area contributed by atoms with Crippen LogP contribution in [0.2, 0.25) is 0 Å². The lowest BCUT2D eigenvalue weighted by Crippen LogP contribution is -2.35. The molecule has 0 aliphatic heterocycles. The van der Waals surface area contributed by atoms with Crippen LogP contribution in [0.15, 0.2) is 52.9 Å². The van der Waals surface area contributed by atoms with Crippen molar-refractivity contribution in [2.24, 2.45) is 0 Å². The number of benzene rings is 2. The van der Waals surface area contributed by atoms with Crippen LogP contribution in [-0.4, -0.2) is 29.6 Å². The third-order valence-electron chi connectivity index (χ3n) is 3.46. The van der Waals surface area contributed by atoms with Crippen LogP contribution in [0.3, 0.4) is 0 Å². The Bertz CT molecular complexity index is 814. The highest BCUT2D eigenvalue weighted by atomic mass is 16.4. The molecule has 0 aliphatic rings. The van der Waals surface area contributed by atoms with Crippen molar-refractivity contribution in [3.05, 3.63) is 54.1 Å². The van der Waals surface area contributed by atoms with Crippen molar-refractivity contribution < 1.29 is 14.3 Å². The number of carbonyl (C=O) groups excluding carboxylic acids is 1. The molecule has 0 saturated carbocycles. The Hall–Kier alpha value is -3.02. The van der Waals surface area contributed by atoms with E-state index in [1.54, 1.807) is 24.1 Å². The fourth-order valence-corrected chi connectivity index (χ4v) is 2.28. The second-order valence-electron chi connectivity index (χ2n) is 5.16. The summed E-state index contributed by atoms with van der Waals surface area (Å²) in [5.41, 5.74) is 2.16. The largest absolute Gasteiger partial charge is 0.508 e. The summed E-state index contributed by atoms with van der Waals surface area (Å²) in [7, 11) is 1.59. The van der Waals surface area contributed by atoms with Gasteiger partial charge in [-0.05, 0) is 17.7 Å². The number of anilines is 1. The SMILES string of the molecule is CNC(=O)CN(Cc1ccccc1)c1nc2ccc(O)cc2o1. The van der Waals surface area contributed by atoms with E-state index in [1.807, 2.05) is 30.3 Å². The Morgan fingerprint density at radius 1 is 1.26 bits per heavy atom. The van der Waals surface area contributed by atoms with Gasteiger partial charge in [0.25, 0.3) is 6.01 Å². The van der Waals surface area contributed by atoms with E-state index in [-0.39, 0.29) is 18.2 Å². The summed E-state index contributed by atoms with van der Waals surface area (Å²) in [5, 5.41) is 12.1. The van der Waals surface area contributed by atoms with Crippen molar-refractivity contribution in [2.75, 3.05) is 18.5 Å². The summed E-state index contributed by atoms with van der Waals surface area (Å²) in [5.74, 6) is -0.0212. The van der Waals surface area contributed by atoms with E-state index in [0.29, 0.717) is 23.7 Å². The molecule has 0 bridgehead atoms. The van der Waals surface area contributed by atoms with E-state index in [2.05, 4.69) is 10.3 Å². The minimum absolute atomic E-state index is 0.112. The van der Waals surface area contributed by atoms with Gasteiger partial charge in [0.05, 0.1) is 0 Å². The lowest BCUT2D eigenvalue weighted by Gasteiger charge is -2.19. The fourth-order valence-electron chi connectivity index (χ4n) is 2.28. The summed E-state index contributed by atoms with van der Waals surface area (Å²) < 4.78 is 5.70. The van der Waals surface area contributed by atoms with E-state index in [1.165, 1.54) is 6.07 Å². The van der Waals surface area contributed by atoms with Gasteiger partial charge >= 0.3 is 0 Å². The van der Waals surface area contributed by atoms with Gasteiger partial charge in [0.1, 0.15) is 17.8 Å². The van der Waals surface area contributed by atoms with Crippen LogP contribution in [0, 0.1) is 0 Å². The van der Waals surface area contributed by atoms with Gasteiger partial charge in [-0.1, -0.05) is 30.3 Å². The van der Waals surface area contributed by atoms with Crippen molar-refractivity contribution in [2.45, 2.75) is 6.54 Å². The Kier molecular flexibility index (Phi) is 4.14. The lowest BCUT2D eigenvalue weighted by atomic mass is 10.2. The molecule has 2 N–H and O–H groups in total. The Morgan fingerprint density at radius 3 is 2.78 bits per heavy atom. The molecule has 118 valence electrons. The summed E-state index contributed by atoms with van der Waals surface area (Å²) in [6.07, 6.45) is 0. The molecule has 0 spiro atoms. The molecule has 1 aromatic heterocycles. The molecular weight excluding hydrogens is 294 g/mol. The third-order valence-corrected chi connectivity index (χ3v) is 3.46. The Balaban J connectivity index is 1.93. The molecule has 23 heavy (non-hydrogen) atoms. The number of carbonyl (C=O) groups is 1. The molecular formula is C17H17N3O3. The maximum absolute atomic E-state index is 11.8. The zero-order chi connectivity index (χ0) is 16.2. The molecule has 3 aromatic rings. The molecule has 0 radical (unpaired) electrons. The van der Waals surface area contributed by atoms with Crippen LogP contribution in [0.25, 0.3) is 11.1 Å². The molecule has 0 saturated heterocycles. The number of phenols is 1. The quantitative estimate of drug-likeness (QED) is 0.756. The number of hydrogen-bond donors (Lipinski definition) is 2. The number of fused-ring (bicyclic) bond motifs is 1. The molecule has 0 unspecified atom stereocenters. The van der Waals surface area contributed by atoms with Crippen LogP contribution in [0.5, 0.6) is 5.75 Å². The van der Waals surface area contributed by atoms with Gasteiger partial charge in [0.2, 0.25) is 5.91 Å². The number of hydrogen-bond acceptors (Lipinski definition) is 5. The second-order valence-corrected chi connectivity index (χ2v) is 5.16. The van der Waals surface area contributed by atoms with Gasteiger partial charge in [0.15, 0.2) is 5.58 Å². The molecule has 0 fully saturated rings. The minimum Gasteiger partial charge on any atom is -0.508 e. The molecule has 2 aromatic carbocycles. The predicted molar refractivity (Wildman–Crippen MR) is 87.2 cm³/mol. The maximum atomic E-state index is 11.8. The topological polar surface area (TPSA) is 78.6 Å². The number of aromatic hydroxyl groups is 1. The first-order chi connectivity index (χ1) is 11.2. The Labute approximate surface area is 133 Å². The molecule has 1 amide bonds. The highest BCUT2D eigenvalue weighted by molar-refractivity contribution is 5.81. The molecule has 3 rings (SSSR count). The van der Waals surface area contributed by atoms with Gasteiger partial charge in [0, 0.05) is 19.7 Å². The van der Waals surface area contributed by atoms with Crippen molar-refractivity contribution in [3.8, 4) is 5.75 Å². The monoisotopic (exact) mass is 311 g/mol. The lowest BCUT2D eigenvalue weighted by molar-refractivity contribution is -0.119. The summed E-state index contributed by atoms with van der Waals surface area (Å²) in [6, 6.07) is 14.9. The first-order valence-electron chi connectivity index (χ1n) is 7.25. The first kappa shape index (κ1) is 14.9. The Morgan fingerprint density at radius 2 is 2.04 bits per heavy atom. The number of rotatable bonds is 5. The van der Waals surface area contributed by atoms with Crippen LogP contribution in [0.4, 0.5) is 6.01 Å². The van der Waals surface area contributed by atoms with Gasteiger partial charge < -0.3 is 19.7 Å². The standard InChI is InChI=1S/C17H17N3O3/c1-18-16(22)11-20(10-12-5-3-2-4-6-12)17-19-14-8-7-13(21)9-15(14)23-17/h2-9,21H,10-11H2,1H3,(H,18,22). The van der Waals surface area contributed by atoms with E-state index < -0.39 is 0 Å². The molecule has 6 nitrogen and oxygen atoms in total. The van der Waals surface area contributed by atoms with E-state index >= 15 is 0 Å². The fraction of sp³-hybridized carbons (Fsp3) is 0.176. The van der Waals surface area contributed by atoms with Crippen molar-refractivity contribution in [1.82, 2.24) is 10.3 Å². The van der Waals surface area contributed by atoms with Gasteiger partial charge in [-0.3, -0.25) is 4.79 Å². The summed E-state index contributed by atoms with van der Waals surface area (Å²) in [6.45, 7) is 0.622. The zero-order valence-electron chi connectivity index (χ0n) is 12.7. The van der Waals surface area contributed by atoms with Gasteiger partial charge in [-0.15, -0.1) is 0 Å². The number of aromatic nitrogens is 1. The molecule has 0 atom stereocenters. The van der Waals surface area contributed by atoms with Crippen molar-refractivity contribution in [1.29, 1.82) is 0 Å². The number of phenolic OH excluding ortho intramolecular Hbond substituents is 1. The average molecular weight is 311 g/mol. The molecule has 6 heteroatoms. The van der Waals surface area contributed by atoms with E-state index in [9.17, 15) is 9.90 Å². The maximum Gasteiger partial charge on any atom is 0.299 e. The van der Waals surface area contributed by atoms with Crippen LogP contribution >= 0.6 is 0 Å². The highest BCUT2D eigenvalue weighted by Gasteiger charge is 2.17. The van der Waals surface area contributed by atoms with Crippen LogP contribution in [0.1, 0.15) is 5.56 Å². The smallest absolute Gasteiger partial charge is 0.299 e. The first-order valence-corrected chi connectivity index (χ1v) is 7.25. The number of nitrogens with one attached hydrogen (secondary N) is 1. The normalized spacial score (nSPS) is 10.7. The van der Waals surface area contributed by atoms with Gasteiger partial charge in [-0.25, -0.2) is 0 Å². The van der Waals surface area contributed by atoms with Crippen molar-refractivity contribution >= 4 is 23.0 Å².